The first kappa shape index (κ1) is 13.9. The maximum Gasteiger partial charge on any atom is 0.245 e. The van der Waals surface area contributed by atoms with E-state index in [0.717, 1.165) is 51.5 Å². The maximum atomic E-state index is 12.4. The predicted molar refractivity (Wildman–Crippen MR) is 74.1 cm³/mol. The molecule has 1 atom stereocenters. The third-order valence-corrected chi connectivity index (χ3v) is 4.53. The van der Waals surface area contributed by atoms with Crippen LogP contribution in [0.5, 0.6) is 0 Å². The zero-order valence-corrected chi connectivity index (χ0v) is 12.1. The Morgan fingerprint density at radius 1 is 1.15 bits per heavy atom. The van der Waals surface area contributed by atoms with Gasteiger partial charge >= 0.3 is 0 Å². The van der Waals surface area contributed by atoms with Crippen molar-refractivity contribution in [1.29, 1.82) is 0 Å². The number of nitrogens with zero attached hydrogens (tertiary/aromatic N) is 2. The molecule has 1 unspecified atom stereocenters. The third-order valence-electron chi connectivity index (χ3n) is 4.53. The monoisotopic (exact) mass is 280 g/mol. The second-order valence-corrected chi connectivity index (χ2v) is 6.19. The van der Waals surface area contributed by atoms with Gasteiger partial charge in [0.15, 0.2) is 0 Å². The summed E-state index contributed by atoms with van der Waals surface area (Å²) in [5, 5.41) is 0. The minimum atomic E-state index is -0.183. The van der Waals surface area contributed by atoms with E-state index in [1.54, 1.807) is 4.90 Å². The van der Waals surface area contributed by atoms with E-state index in [0.29, 0.717) is 13.0 Å². The highest BCUT2D eigenvalue weighted by Crippen LogP contribution is 2.28. The molecule has 112 valence electrons. The summed E-state index contributed by atoms with van der Waals surface area (Å²) in [4.78, 5) is 28.1. The average molecular weight is 280 g/mol. The van der Waals surface area contributed by atoms with Crippen LogP contribution in [-0.4, -0.2) is 60.5 Å². The minimum Gasteiger partial charge on any atom is -0.381 e. The van der Waals surface area contributed by atoms with Crippen LogP contribution >= 0.6 is 0 Å². The van der Waals surface area contributed by atoms with E-state index in [1.165, 1.54) is 12.8 Å². The molecule has 5 heteroatoms. The van der Waals surface area contributed by atoms with Crippen LogP contribution in [0.4, 0.5) is 0 Å². The van der Waals surface area contributed by atoms with Gasteiger partial charge < -0.3 is 14.5 Å². The minimum absolute atomic E-state index is 0.147. The molecule has 3 rings (SSSR count). The zero-order valence-electron chi connectivity index (χ0n) is 12.1. The molecule has 2 saturated heterocycles. The van der Waals surface area contributed by atoms with Crippen LogP contribution in [0.25, 0.3) is 0 Å². The Hall–Kier alpha value is -1.10. The van der Waals surface area contributed by atoms with Crippen LogP contribution in [0.3, 0.4) is 0 Å². The molecule has 2 amide bonds. The first-order valence-electron chi connectivity index (χ1n) is 7.91. The molecule has 2 heterocycles. The van der Waals surface area contributed by atoms with Crippen molar-refractivity contribution >= 4 is 11.8 Å². The van der Waals surface area contributed by atoms with Crippen LogP contribution in [0.2, 0.25) is 0 Å². The first-order chi connectivity index (χ1) is 9.75. The number of amides is 2. The Balaban J connectivity index is 1.45. The van der Waals surface area contributed by atoms with Crippen molar-refractivity contribution in [2.75, 3.05) is 32.8 Å². The molecular formula is C15H24N2O3. The molecule has 0 bridgehead atoms. The molecule has 0 aromatic carbocycles. The lowest BCUT2D eigenvalue weighted by atomic mass is 10.2. The van der Waals surface area contributed by atoms with Crippen molar-refractivity contribution in [2.24, 2.45) is 5.92 Å². The molecule has 3 fully saturated rings. The second kappa shape index (κ2) is 6.12. The number of fused-ring (bicyclic) bond motifs is 1. The van der Waals surface area contributed by atoms with Gasteiger partial charge in [-0.15, -0.1) is 0 Å². The summed E-state index contributed by atoms with van der Waals surface area (Å²) in [6.45, 7) is 3.66. The molecule has 2 aliphatic heterocycles. The van der Waals surface area contributed by atoms with Crippen molar-refractivity contribution < 1.29 is 14.3 Å². The Kier molecular flexibility index (Phi) is 4.24. The highest BCUT2D eigenvalue weighted by molar-refractivity contribution is 5.90. The first-order valence-corrected chi connectivity index (χ1v) is 7.91. The zero-order chi connectivity index (χ0) is 13.9. The Morgan fingerprint density at radius 3 is 2.80 bits per heavy atom. The summed E-state index contributed by atoms with van der Waals surface area (Å²) in [6.07, 6.45) is 5.76. The van der Waals surface area contributed by atoms with Crippen molar-refractivity contribution in [3.63, 3.8) is 0 Å². The third kappa shape index (κ3) is 3.14. The van der Waals surface area contributed by atoms with Gasteiger partial charge in [0, 0.05) is 39.3 Å². The van der Waals surface area contributed by atoms with Gasteiger partial charge in [-0.3, -0.25) is 9.59 Å². The molecule has 0 aromatic rings. The summed E-state index contributed by atoms with van der Waals surface area (Å²) in [5.74, 6) is 1.09. The lowest BCUT2D eigenvalue weighted by Gasteiger charge is -2.25. The predicted octanol–water partition coefficient (Wildman–Crippen LogP) is 1.03. The number of ether oxygens (including phenoxy) is 1. The van der Waals surface area contributed by atoms with E-state index in [2.05, 4.69) is 0 Å². The van der Waals surface area contributed by atoms with Crippen LogP contribution in [0.1, 0.15) is 38.5 Å². The van der Waals surface area contributed by atoms with E-state index in [-0.39, 0.29) is 17.9 Å². The average Bonchev–Trinajstić information content (AvgIpc) is 3.15. The van der Waals surface area contributed by atoms with Gasteiger partial charge in [0.25, 0.3) is 0 Å². The van der Waals surface area contributed by atoms with Crippen molar-refractivity contribution in [2.45, 2.75) is 44.6 Å². The molecular weight excluding hydrogens is 256 g/mol. The summed E-state index contributed by atoms with van der Waals surface area (Å²) < 4.78 is 5.61. The number of hydrogen-bond acceptors (Lipinski definition) is 3. The van der Waals surface area contributed by atoms with E-state index in [1.807, 2.05) is 4.90 Å². The summed E-state index contributed by atoms with van der Waals surface area (Å²) in [7, 11) is 0. The molecule has 0 N–H and O–H groups in total. The van der Waals surface area contributed by atoms with Gasteiger partial charge in [0.2, 0.25) is 11.8 Å². The van der Waals surface area contributed by atoms with Gasteiger partial charge in [0.1, 0.15) is 6.04 Å². The number of rotatable bonds is 6. The van der Waals surface area contributed by atoms with Crippen LogP contribution < -0.4 is 0 Å². The molecule has 5 nitrogen and oxygen atoms in total. The number of carbonyl (C=O) groups is 2. The Labute approximate surface area is 120 Å². The van der Waals surface area contributed by atoms with Crippen molar-refractivity contribution in [3.05, 3.63) is 0 Å². The van der Waals surface area contributed by atoms with E-state index < -0.39 is 0 Å². The van der Waals surface area contributed by atoms with E-state index in [4.69, 9.17) is 4.74 Å². The van der Waals surface area contributed by atoms with Gasteiger partial charge in [-0.05, 0) is 38.0 Å². The molecule has 1 saturated carbocycles. The van der Waals surface area contributed by atoms with Gasteiger partial charge in [-0.25, -0.2) is 0 Å². The van der Waals surface area contributed by atoms with Crippen molar-refractivity contribution in [3.8, 4) is 0 Å². The van der Waals surface area contributed by atoms with Gasteiger partial charge in [0.05, 0.1) is 0 Å². The number of carbonyl (C=O) groups excluding carboxylic acids is 2. The molecule has 0 radical (unpaired) electrons. The summed E-state index contributed by atoms with van der Waals surface area (Å²) in [6, 6.07) is -0.183. The van der Waals surface area contributed by atoms with E-state index >= 15 is 0 Å². The molecule has 20 heavy (non-hydrogen) atoms. The highest BCUT2D eigenvalue weighted by atomic mass is 16.5. The molecule has 0 spiro atoms. The van der Waals surface area contributed by atoms with Crippen LogP contribution in [-0.2, 0) is 14.3 Å². The van der Waals surface area contributed by atoms with Crippen LogP contribution in [0.15, 0.2) is 0 Å². The van der Waals surface area contributed by atoms with Gasteiger partial charge in [-0.2, -0.15) is 0 Å². The largest absolute Gasteiger partial charge is 0.381 e. The fourth-order valence-electron chi connectivity index (χ4n) is 3.13. The standard InChI is InChI=1S/C15H24N2O3/c18-14-6-9-16(7-2-10-20-11-12-4-5-12)15(19)13-3-1-8-17(13)14/h12-13H,1-11H2. The maximum absolute atomic E-state index is 12.4. The summed E-state index contributed by atoms with van der Waals surface area (Å²) in [5.41, 5.74) is 0. The lowest BCUT2D eigenvalue weighted by molar-refractivity contribution is -0.139. The van der Waals surface area contributed by atoms with Crippen molar-refractivity contribution in [1.82, 2.24) is 9.80 Å². The molecule has 3 aliphatic rings. The van der Waals surface area contributed by atoms with Gasteiger partial charge in [-0.1, -0.05) is 0 Å². The van der Waals surface area contributed by atoms with Crippen LogP contribution in [0, 0.1) is 5.92 Å². The SMILES string of the molecule is O=C1C2CCCN2C(=O)CCN1CCCOCC1CC1. The Bertz CT molecular complexity index is 381. The Morgan fingerprint density at radius 2 is 2.00 bits per heavy atom. The molecule has 0 aromatic heterocycles. The fraction of sp³-hybridized carbons (Fsp3) is 0.867. The fourth-order valence-corrected chi connectivity index (χ4v) is 3.13. The quantitative estimate of drug-likeness (QED) is 0.683. The smallest absolute Gasteiger partial charge is 0.245 e. The normalized spacial score (nSPS) is 26.9. The lowest BCUT2D eigenvalue weighted by Crippen LogP contribution is -2.44. The van der Waals surface area contributed by atoms with E-state index in [9.17, 15) is 9.59 Å². The number of hydrogen-bond donors (Lipinski definition) is 0. The highest BCUT2D eigenvalue weighted by Gasteiger charge is 2.38. The molecule has 1 aliphatic carbocycles. The second-order valence-electron chi connectivity index (χ2n) is 6.19. The topological polar surface area (TPSA) is 49.9 Å². The summed E-state index contributed by atoms with van der Waals surface area (Å²) >= 11 is 0.